The van der Waals surface area contributed by atoms with Crippen molar-refractivity contribution in [3.05, 3.63) is 0 Å². The number of alkyl carbamates (subject to hydrolysis) is 1. The van der Waals surface area contributed by atoms with Gasteiger partial charge in [-0.05, 0) is 27.2 Å². The molecule has 1 fully saturated rings. The standard InChI is InChI=1S/C13H26N2O3/c1-12(2,3)18-11(17)15-10-6-9(10)14-7-13(4,5)8-16/h9-10,14,16H,6-8H2,1-5H3,(H,15,17). The van der Waals surface area contributed by atoms with Gasteiger partial charge in [0.2, 0.25) is 0 Å². The Kier molecular flexibility index (Phi) is 4.61. The van der Waals surface area contributed by atoms with E-state index >= 15 is 0 Å². The van der Waals surface area contributed by atoms with Crippen molar-refractivity contribution in [2.24, 2.45) is 5.41 Å². The molecule has 2 unspecified atom stereocenters. The lowest BCUT2D eigenvalue weighted by Crippen LogP contribution is -2.39. The zero-order chi connectivity index (χ0) is 14.0. The molecule has 5 nitrogen and oxygen atoms in total. The van der Waals surface area contributed by atoms with Crippen molar-refractivity contribution < 1.29 is 14.6 Å². The average Bonchev–Trinajstić information content (AvgIpc) is 2.91. The number of rotatable bonds is 5. The molecule has 0 radical (unpaired) electrons. The van der Waals surface area contributed by atoms with Crippen molar-refractivity contribution in [2.45, 2.75) is 58.7 Å². The third kappa shape index (κ3) is 5.69. The molecule has 0 heterocycles. The molecule has 1 saturated carbocycles. The second-order valence-electron chi connectivity index (χ2n) is 6.80. The normalized spacial score (nSPS) is 23.7. The maximum absolute atomic E-state index is 11.5. The quantitative estimate of drug-likeness (QED) is 0.694. The second kappa shape index (κ2) is 5.45. The Labute approximate surface area is 109 Å². The van der Waals surface area contributed by atoms with E-state index in [1.807, 2.05) is 34.6 Å². The van der Waals surface area contributed by atoms with Crippen molar-refractivity contribution in [1.82, 2.24) is 10.6 Å². The third-order valence-electron chi connectivity index (χ3n) is 2.76. The van der Waals surface area contributed by atoms with Gasteiger partial charge in [0.15, 0.2) is 0 Å². The number of aliphatic hydroxyl groups excluding tert-OH is 1. The Morgan fingerprint density at radius 3 is 2.39 bits per heavy atom. The minimum Gasteiger partial charge on any atom is -0.444 e. The van der Waals surface area contributed by atoms with E-state index in [0.717, 1.165) is 13.0 Å². The monoisotopic (exact) mass is 258 g/mol. The maximum atomic E-state index is 11.5. The maximum Gasteiger partial charge on any atom is 0.407 e. The lowest BCUT2D eigenvalue weighted by atomic mass is 9.95. The molecule has 0 aliphatic heterocycles. The zero-order valence-electron chi connectivity index (χ0n) is 12.0. The summed E-state index contributed by atoms with van der Waals surface area (Å²) in [4.78, 5) is 11.5. The highest BCUT2D eigenvalue weighted by molar-refractivity contribution is 5.68. The second-order valence-corrected chi connectivity index (χ2v) is 6.80. The summed E-state index contributed by atoms with van der Waals surface area (Å²) in [5, 5.41) is 15.3. The average molecular weight is 258 g/mol. The summed E-state index contributed by atoms with van der Waals surface area (Å²) in [7, 11) is 0. The number of amides is 1. The largest absolute Gasteiger partial charge is 0.444 e. The fourth-order valence-electron chi connectivity index (χ4n) is 1.50. The first-order valence-electron chi connectivity index (χ1n) is 6.47. The SMILES string of the molecule is CC(C)(CO)CNC1CC1NC(=O)OC(C)(C)C. The van der Waals surface area contributed by atoms with Crippen LogP contribution in [0.1, 0.15) is 41.0 Å². The summed E-state index contributed by atoms with van der Waals surface area (Å²) < 4.78 is 5.19. The number of aliphatic hydroxyl groups is 1. The molecule has 0 aromatic carbocycles. The molecule has 3 N–H and O–H groups in total. The third-order valence-corrected chi connectivity index (χ3v) is 2.76. The van der Waals surface area contributed by atoms with Gasteiger partial charge in [0, 0.05) is 30.7 Å². The van der Waals surface area contributed by atoms with Gasteiger partial charge < -0.3 is 20.5 Å². The summed E-state index contributed by atoms with van der Waals surface area (Å²) in [6.45, 7) is 10.4. The molecule has 106 valence electrons. The predicted octanol–water partition coefficient (Wildman–Crippen LogP) is 1.26. The minimum atomic E-state index is -0.458. The Morgan fingerprint density at radius 1 is 1.28 bits per heavy atom. The van der Waals surface area contributed by atoms with Crippen LogP contribution in [0.5, 0.6) is 0 Å². The van der Waals surface area contributed by atoms with E-state index in [-0.39, 0.29) is 24.2 Å². The van der Waals surface area contributed by atoms with Gasteiger partial charge in [-0.2, -0.15) is 0 Å². The van der Waals surface area contributed by atoms with E-state index in [4.69, 9.17) is 9.84 Å². The van der Waals surface area contributed by atoms with E-state index in [1.165, 1.54) is 0 Å². The smallest absolute Gasteiger partial charge is 0.407 e. The van der Waals surface area contributed by atoms with Crippen molar-refractivity contribution in [2.75, 3.05) is 13.2 Å². The zero-order valence-corrected chi connectivity index (χ0v) is 12.0. The molecular weight excluding hydrogens is 232 g/mol. The molecule has 0 aromatic rings. The molecule has 18 heavy (non-hydrogen) atoms. The van der Waals surface area contributed by atoms with Crippen LogP contribution in [0.2, 0.25) is 0 Å². The first kappa shape index (κ1) is 15.2. The number of carbonyl (C=O) groups is 1. The van der Waals surface area contributed by atoms with E-state index in [0.29, 0.717) is 6.04 Å². The highest BCUT2D eigenvalue weighted by atomic mass is 16.6. The van der Waals surface area contributed by atoms with Crippen LogP contribution >= 0.6 is 0 Å². The van der Waals surface area contributed by atoms with Crippen molar-refractivity contribution in [3.63, 3.8) is 0 Å². The van der Waals surface area contributed by atoms with E-state index < -0.39 is 5.60 Å². The van der Waals surface area contributed by atoms with Crippen LogP contribution in [-0.2, 0) is 4.74 Å². The molecule has 1 aliphatic carbocycles. The molecule has 1 amide bonds. The molecule has 0 aromatic heterocycles. The van der Waals surface area contributed by atoms with Crippen LogP contribution in [-0.4, -0.2) is 42.0 Å². The number of nitrogens with one attached hydrogen (secondary N) is 2. The summed E-state index contributed by atoms with van der Waals surface area (Å²) in [5.41, 5.74) is -0.583. The fraction of sp³-hybridized carbons (Fsp3) is 0.923. The van der Waals surface area contributed by atoms with Crippen molar-refractivity contribution >= 4 is 6.09 Å². The van der Waals surface area contributed by atoms with E-state index in [9.17, 15) is 4.79 Å². The minimum absolute atomic E-state index is 0.126. The molecule has 5 heteroatoms. The van der Waals surface area contributed by atoms with Gasteiger partial charge in [-0.1, -0.05) is 13.8 Å². The molecule has 1 rings (SSSR count). The van der Waals surface area contributed by atoms with Crippen LogP contribution in [0.4, 0.5) is 4.79 Å². The summed E-state index contributed by atoms with van der Waals surface area (Å²) in [5.74, 6) is 0. The lowest BCUT2D eigenvalue weighted by Gasteiger charge is -2.22. The van der Waals surface area contributed by atoms with Gasteiger partial charge in [-0.25, -0.2) is 4.79 Å². The molecule has 0 spiro atoms. The highest BCUT2D eigenvalue weighted by Gasteiger charge is 2.39. The van der Waals surface area contributed by atoms with Crippen LogP contribution < -0.4 is 10.6 Å². The van der Waals surface area contributed by atoms with Gasteiger partial charge >= 0.3 is 6.09 Å². The van der Waals surface area contributed by atoms with Crippen LogP contribution in [0.25, 0.3) is 0 Å². The topological polar surface area (TPSA) is 70.6 Å². The van der Waals surface area contributed by atoms with E-state index in [1.54, 1.807) is 0 Å². The first-order valence-corrected chi connectivity index (χ1v) is 6.47. The van der Waals surface area contributed by atoms with Gasteiger partial charge in [-0.15, -0.1) is 0 Å². The van der Waals surface area contributed by atoms with Crippen molar-refractivity contribution in [3.8, 4) is 0 Å². The summed E-state index contributed by atoms with van der Waals surface area (Å²) >= 11 is 0. The number of hydrogen-bond donors (Lipinski definition) is 3. The van der Waals surface area contributed by atoms with Crippen LogP contribution in [0.15, 0.2) is 0 Å². The molecular formula is C13H26N2O3. The number of hydrogen-bond acceptors (Lipinski definition) is 4. The van der Waals surface area contributed by atoms with Gasteiger partial charge in [0.05, 0.1) is 0 Å². The van der Waals surface area contributed by atoms with Gasteiger partial charge in [0.1, 0.15) is 5.60 Å². The molecule has 1 aliphatic rings. The van der Waals surface area contributed by atoms with Gasteiger partial charge in [-0.3, -0.25) is 0 Å². The number of carbonyl (C=O) groups excluding carboxylic acids is 1. The Morgan fingerprint density at radius 2 is 1.89 bits per heavy atom. The van der Waals surface area contributed by atoms with Crippen LogP contribution in [0.3, 0.4) is 0 Å². The summed E-state index contributed by atoms with van der Waals surface area (Å²) in [6, 6.07) is 0.442. The summed E-state index contributed by atoms with van der Waals surface area (Å²) in [6.07, 6.45) is 0.555. The number of ether oxygens (including phenoxy) is 1. The Bertz CT molecular complexity index is 297. The fourth-order valence-corrected chi connectivity index (χ4v) is 1.50. The van der Waals surface area contributed by atoms with Crippen LogP contribution in [0, 0.1) is 5.41 Å². The van der Waals surface area contributed by atoms with Gasteiger partial charge in [0.25, 0.3) is 0 Å². The lowest BCUT2D eigenvalue weighted by molar-refractivity contribution is 0.0521. The highest BCUT2D eigenvalue weighted by Crippen LogP contribution is 2.23. The molecule has 0 bridgehead atoms. The van der Waals surface area contributed by atoms with Crippen molar-refractivity contribution in [1.29, 1.82) is 0 Å². The Balaban J connectivity index is 2.20. The van der Waals surface area contributed by atoms with E-state index in [2.05, 4.69) is 10.6 Å². The first-order chi connectivity index (χ1) is 8.13. The molecule has 0 saturated heterocycles. The Hall–Kier alpha value is -0.810. The molecule has 2 atom stereocenters. The predicted molar refractivity (Wildman–Crippen MR) is 70.4 cm³/mol.